The number of phenols is 4. The molecular formula is C112H184O12S4. The second-order valence-corrected chi connectivity index (χ2v) is 43.8. The molecule has 0 saturated carbocycles. The fourth-order valence-electron chi connectivity index (χ4n) is 20.7. The van der Waals surface area contributed by atoms with Crippen LogP contribution in [0.3, 0.4) is 0 Å². The number of aromatic hydroxyl groups is 4. The van der Waals surface area contributed by atoms with Crippen molar-refractivity contribution >= 4 is 47.0 Å². The van der Waals surface area contributed by atoms with Crippen LogP contribution in [0.5, 0.6) is 69.0 Å². The molecule has 1 aliphatic carbocycles. The summed E-state index contributed by atoms with van der Waals surface area (Å²) in [4.78, 5) is 0. The zero-order chi connectivity index (χ0) is 89.7. The smallest absolute Gasteiger partial charge is 0.231 e. The van der Waals surface area contributed by atoms with Crippen molar-refractivity contribution in [3.05, 3.63) is 68.8 Å². The van der Waals surface area contributed by atoms with Crippen LogP contribution < -0.4 is 37.9 Å². The number of hydrogen-bond donors (Lipinski definition) is 4. The van der Waals surface area contributed by atoms with Crippen molar-refractivity contribution < 1.29 is 58.3 Å². The van der Waals surface area contributed by atoms with Gasteiger partial charge in [-0.15, -0.1) is 0 Å². The van der Waals surface area contributed by atoms with Crippen LogP contribution in [0, 0.1) is 0 Å². The van der Waals surface area contributed by atoms with Gasteiger partial charge in [-0.1, -0.05) is 387 Å². The van der Waals surface area contributed by atoms with Crippen LogP contribution in [0.1, 0.15) is 532 Å². The minimum atomic E-state index is -0.428. The largest absolute Gasteiger partial charge is 0.502 e. The van der Waals surface area contributed by atoms with Crippen LogP contribution in [0.4, 0.5) is 0 Å². The lowest BCUT2D eigenvalue weighted by Gasteiger charge is -2.36. The van der Waals surface area contributed by atoms with Gasteiger partial charge < -0.3 is 58.3 Å². The first-order chi connectivity index (χ1) is 63.3. The van der Waals surface area contributed by atoms with Gasteiger partial charge in [-0.05, 0) is 147 Å². The minimum absolute atomic E-state index is 0.0973. The Balaban J connectivity index is 0.991. The molecule has 728 valence electrons. The standard InChI is InChI=1S/C112H184O12S4/c1-5-9-13-17-21-37-49-61-73-125-77-65-53-41-29-25-33-45-57-69-89-93-81-95-90(70-58-46-34-26-30-42-54-66-78-126-74-62-50-38-22-18-14-10-6-2)97-83-99-92(72-60-48-36-28-32-44-56-68-80-128-76-64-52-40-24-20-16-12-8-4)100-84-98-91(71-59-47-35-27-31-43-55-67-79-127-75-63-51-39-23-19-15-11-7-3)96-82-94(89)106-102(114)108(96)120-87-122-110(98)104(116)112(100)124-88-123-111(99)103(115)109(97)121-86-119-107(95)101(113)105(93)117-85-118-106/h81-84,89-92,113-116H,5-80,85-88H2,1-4H3. The van der Waals surface area contributed by atoms with Crippen molar-refractivity contribution in [2.24, 2.45) is 0 Å². The van der Waals surface area contributed by atoms with E-state index in [1.54, 1.807) is 0 Å². The first-order valence-corrected chi connectivity index (χ1v) is 58.8. The third-order valence-corrected chi connectivity index (χ3v) is 33.0. The van der Waals surface area contributed by atoms with Gasteiger partial charge >= 0.3 is 0 Å². The summed E-state index contributed by atoms with van der Waals surface area (Å²) in [6.45, 7) is 7.99. The molecule has 0 fully saturated rings. The van der Waals surface area contributed by atoms with Gasteiger partial charge in [0.2, 0.25) is 50.2 Å². The second kappa shape index (κ2) is 68.0. The maximum absolute atomic E-state index is 13.3. The molecule has 5 aliphatic rings. The molecule has 0 spiro atoms. The number of ether oxygens (including phenoxy) is 8. The predicted octanol–water partition coefficient (Wildman–Crippen LogP) is 35.8. The summed E-state index contributed by atoms with van der Waals surface area (Å²) in [7, 11) is 0. The van der Waals surface area contributed by atoms with Crippen LogP contribution in [0.15, 0.2) is 24.3 Å². The first-order valence-electron chi connectivity index (χ1n) is 54.2. The molecular weight excluding hydrogens is 1670 g/mol. The Bertz CT molecular complexity index is 2980. The number of benzene rings is 4. The van der Waals surface area contributed by atoms with Crippen molar-refractivity contribution in [1.82, 2.24) is 0 Å². The molecule has 4 heterocycles. The Kier molecular flexibility index (Phi) is 57.1. The summed E-state index contributed by atoms with van der Waals surface area (Å²) >= 11 is 8.62. The van der Waals surface area contributed by atoms with Crippen molar-refractivity contribution in [2.75, 3.05) is 73.2 Å². The van der Waals surface area contributed by atoms with Gasteiger partial charge in [0.1, 0.15) is 0 Å². The summed E-state index contributed by atoms with van der Waals surface area (Å²) in [6, 6.07) is 9.04. The van der Waals surface area contributed by atoms with Crippen LogP contribution in [-0.4, -0.2) is 93.6 Å². The Morgan fingerprint density at radius 1 is 0.180 bits per heavy atom. The molecule has 4 aliphatic heterocycles. The number of thioether (sulfide) groups is 4. The van der Waals surface area contributed by atoms with E-state index in [2.05, 4.69) is 99.0 Å². The van der Waals surface area contributed by atoms with E-state index in [0.29, 0.717) is 71.7 Å². The maximum Gasteiger partial charge on any atom is 0.231 e. The van der Waals surface area contributed by atoms with Crippen LogP contribution in [0.25, 0.3) is 0 Å². The molecule has 4 aromatic rings. The topological polar surface area (TPSA) is 155 Å². The number of phenolic OH excluding ortho intramolecular Hbond substituents is 4. The Morgan fingerprint density at radius 3 is 0.430 bits per heavy atom. The SMILES string of the molecule is CCCCCCCCCCSCCCCCCCCCCC1c2cc3c4c(O)c2OCOc2c1cc1c(c2O)OCOc2c(cc5c(c2O)OCOc2c(cc(c(c2O)OCO4)C3CCCCCCCCCCSCCCCCCCCCC)C5CCCCCCCCCCSCCCCCCCCCC)C1CCCCCCCCCCSCCCCCCCCCC. The lowest BCUT2D eigenvalue weighted by atomic mass is 9.75. The summed E-state index contributed by atoms with van der Waals surface area (Å²) in [5.74, 6) is 10.6. The number of unbranched alkanes of at least 4 members (excludes halogenated alkanes) is 56. The molecule has 128 heavy (non-hydrogen) atoms. The molecule has 4 aromatic carbocycles. The molecule has 16 heteroatoms. The van der Waals surface area contributed by atoms with Gasteiger partial charge in [-0.2, -0.15) is 47.0 Å². The molecule has 12 nitrogen and oxygen atoms in total. The normalized spacial score (nSPS) is 15.8. The van der Waals surface area contributed by atoms with Crippen molar-refractivity contribution in [3.63, 3.8) is 0 Å². The molecule has 0 amide bonds. The molecule has 0 aromatic heterocycles. The predicted molar refractivity (Wildman–Crippen MR) is 550 cm³/mol. The average Bonchev–Trinajstić information content (AvgIpc) is 0.722. The summed E-state index contributed by atoms with van der Waals surface area (Å²) < 4.78 is 54.1. The van der Waals surface area contributed by atoms with Crippen LogP contribution >= 0.6 is 47.0 Å². The molecule has 0 radical (unpaired) electrons. The Labute approximate surface area is 798 Å². The zero-order valence-electron chi connectivity index (χ0n) is 81.9. The highest BCUT2D eigenvalue weighted by Crippen LogP contribution is 2.62. The quantitative estimate of drug-likeness (QED) is 0.0310. The van der Waals surface area contributed by atoms with E-state index in [9.17, 15) is 20.4 Å². The highest BCUT2D eigenvalue weighted by atomic mass is 32.2. The number of hydrogen-bond acceptors (Lipinski definition) is 16. The molecule has 0 atom stereocenters. The summed E-state index contributed by atoms with van der Waals surface area (Å²) in [6.07, 6.45) is 83.9. The lowest BCUT2D eigenvalue weighted by Crippen LogP contribution is -2.23. The monoisotopic (exact) mass is 1850 g/mol. The third-order valence-electron chi connectivity index (χ3n) is 28.4. The van der Waals surface area contributed by atoms with Crippen LogP contribution in [0.2, 0.25) is 0 Å². The van der Waals surface area contributed by atoms with E-state index in [4.69, 9.17) is 37.9 Å². The van der Waals surface area contributed by atoms with Gasteiger partial charge in [0.05, 0.1) is 0 Å². The maximum atomic E-state index is 13.3. The van der Waals surface area contributed by atoms with E-state index in [1.165, 1.54) is 380 Å². The Morgan fingerprint density at radius 2 is 0.297 bits per heavy atom. The highest BCUT2D eigenvalue weighted by molar-refractivity contribution is 7.99. The summed E-state index contributed by atoms with van der Waals surface area (Å²) in [5, 5.41) is 53.3. The van der Waals surface area contributed by atoms with E-state index < -0.39 is 23.7 Å². The van der Waals surface area contributed by atoms with Crippen molar-refractivity contribution in [1.29, 1.82) is 0 Å². The van der Waals surface area contributed by atoms with Gasteiger partial charge in [0, 0.05) is 68.2 Å². The summed E-state index contributed by atoms with van der Waals surface area (Å²) in [5.41, 5.74) is 6.50. The zero-order valence-corrected chi connectivity index (χ0v) is 85.1. The molecule has 4 N–H and O–H groups in total. The van der Waals surface area contributed by atoms with E-state index in [0.717, 1.165) is 122 Å². The van der Waals surface area contributed by atoms with E-state index >= 15 is 0 Å². The highest BCUT2D eigenvalue weighted by Gasteiger charge is 2.42. The first kappa shape index (κ1) is 108. The van der Waals surface area contributed by atoms with Crippen molar-refractivity contribution in [2.45, 2.75) is 488 Å². The average molecular weight is 1850 g/mol. The fraction of sp³-hybridized carbons (Fsp3) is 0.786. The molecule has 0 unspecified atom stereocenters. The van der Waals surface area contributed by atoms with E-state index in [1.807, 2.05) is 0 Å². The number of rotatable bonds is 80. The fourth-order valence-corrected chi connectivity index (χ4v) is 24.8. The van der Waals surface area contributed by atoms with Gasteiger partial charge in [-0.25, -0.2) is 0 Å². The van der Waals surface area contributed by atoms with E-state index in [-0.39, 0.29) is 50.2 Å². The van der Waals surface area contributed by atoms with Crippen LogP contribution in [-0.2, 0) is 0 Å². The van der Waals surface area contributed by atoms with Gasteiger partial charge in [0.15, 0.2) is 46.0 Å². The molecule has 8 bridgehead atoms. The van der Waals surface area contributed by atoms with Gasteiger partial charge in [-0.3, -0.25) is 0 Å². The second-order valence-electron chi connectivity index (χ2n) is 38.9. The van der Waals surface area contributed by atoms with Crippen molar-refractivity contribution in [3.8, 4) is 69.0 Å². The minimum Gasteiger partial charge on any atom is -0.502 e. The molecule has 9 rings (SSSR count). The third kappa shape index (κ3) is 38.2. The molecule has 0 saturated heterocycles. The van der Waals surface area contributed by atoms with Gasteiger partial charge in [0.25, 0.3) is 0 Å². The lowest BCUT2D eigenvalue weighted by molar-refractivity contribution is 0.0864. The Hall–Kier alpha value is -4.12.